The second-order valence-electron chi connectivity index (χ2n) is 4.08. The second kappa shape index (κ2) is 5.21. The smallest absolute Gasteiger partial charge is 0.225 e. The van der Waals surface area contributed by atoms with E-state index in [1.165, 1.54) is 12.4 Å². The second-order valence-corrected chi connectivity index (χ2v) is 4.08. The summed E-state index contributed by atoms with van der Waals surface area (Å²) in [5.41, 5.74) is 0. The van der Waals surface area contributed by atoms with Crippen molar-refractivity contribution < 1.29 is 9.50 Å². The van der Waals surface area contributed by atoms with Crippen molar-refractivity contribution in [2.75, 3.05) is 18.1 Å². The molecule has 0 aliphatic carbocycles. The van der Waals surface area contributed by atoms with Crippen molar-refractivity contribution in [1.29, 1.82) is 0 Å². The molecule has 1 N–H and O–H groups in total. The van der Waals surface area contributed by atoms with E-state index in [2.05, 4.69) is 9.97 Å². The summed E-state index contributed by atoms with van der Waals surface area (Å²) in [6, 6.07) is 0.0629. The minimum atomic E-state index is -0.431. The first-order valence-corrected chi connectivity index (χ1v) is 5.66. The lowest BCUT2D eigenvalue weighted by Gasteiger charge is -2.28. The molecule has 0 spiro atoms. The van der Waals surface area contributed by atoms with Crippen molar-refractivity contribution in [1.82, 2.24) is 9.97 Å². The zero-order valence-corrected chi connectivity index (χ0v) is 9.14. The standard InChI is InChI=1S/C11H16FN3O/c12-9-6-13-11(14-7-9)15-5-3-1-2-4-10(15)8-16/h6-7,10,16H,1-5,8H2. The van der Waals surface area contributed by atoms with E-state index in [0.29, 0.717) is 5.95 Å². The van der Waals surface area contributed by atoms with Crippen LogP contribution in [0.5, 0.6) is 0 Å². The normalized spacial score (nSPS) is 21.9. The molecule has 1 saturated heterocycles. The fraction of sp³-hybridized carbons (Fsp3) is 0.636. The molecule has 1 aliphatic rings. The number of aliphatic hydroxyl groups is 1. The van der Waals surface area contributed by atoms with Crippen molar-refractivity contribution in [3.8, 4) is 0 Å². The Hall–Kier alpha value is -1.23. The summed E-state index contributed by atoms with van der Waals surface area (Å²) < 4.78 is 12.7. The van der Waals surface area contributed by atoms with Crippen LogP contribution >= 0.6 is 0 Å². The van der Waals surface area contributed by atoms with Crippen LogP contribution in [0.2, 0.25) is 0 Å². The van der Waals surface area contributed by atoms with Crippen LogP contribution in [0.25, 0.3) is 0 Å². The lowest BCUT2D eigenvalue weighted by atomic mass is 10.1. The lowest BCUT2D eigenvalue weighted by Crippen LogP contribution is -2.38. The fourth-order valence-electron chi connectivity index (χ4n) is 2.08. The largest absolute Gasteiger partial charge is 0.394 e. The average molecular weight is 225 g/mol. The van der Waals surface area contributed by atoms with Crippen LogP contribution in [0.4, 0.5) is 10.3 Å². The number of anilines is 1. The van der Waals surface area contributed by atoms with Crippen molar-refractivity contribution in [2.24, 2.45) is 0 Å². The first-order valence-electron chi connectivity index (χ1n) is 5.66. The van der Waals surface area contributed by atoms with Gasteiger partial charge in [-0.05, 0) is 12.8 Å². The molecule has 1 unspecified atom stereocenters. The third kappa shape index (κ3) is 2.47. The Morgan fingerprint density at radius 2 is 2.06 bits per heavy atom. The summed E-state index contributed by atoms with van der Waals surface area (Å²) in [7, 11) is 0. The molecule has 1 aromatic heterocycles. The van der Waals surface area contributed by atoms with Crippen LogP contribution in [0, 0.1) is 5.82 Å². The van der Waals surface area contributed by atoms with Gasteiger partial charge in [0.15, 0.2) is 5.82 Å². The van der Waals surface area contributed by atoms with Gasteiger partial charge in [-0.25, -0.2) is 14.4 Å². The monoisotopic (exact) mass is 225 g/mol. The molecular formula is C11H16FN3O. The highest BCUT2D eigenvalue weighted by Gasteiger charge is 2.22. The first-order chi connectivity index (χ1) is 7.81. The molecule has 1 aromatic rings. The summed E-state index contributed by atoms with van der Waals surface area (Å²) in [6.45, 7) is 0.928. The Kier molecular flexibility index (Phi) is 3.66. The molecule has 0 aromatic carbocycles. The summed E-state index contributed by atoms with van der Waals surface area (Å²) in [6.07, 6.45) is 6.62. The fourth-order valence-corrected chi connectivity index (χ4v) is 2.08. The molecular weight excluding hydrogens is 209 g/mol. The number of nitrogens with zero attached hydrogens (tertiary/aromatic N) is 3. The molecule has 5 heteroatoms. The molecule has 1 atom stereocenters. The molecule has 4 nitrogen and oxygen atoms in total. The number of aromatic nitrogens is 2. The summed E-state index contributed by atoms with van der Waals surface area (Å²) in [4.78, 5) is 9.92. The highest BCUT2D eigenvalue weighted by Crippen LogP contribution is 2.20. The maximum absolute atomic E-state index is 12.7. The SMILES string of the molecule is OCC1CCCCCN1c1ncc(F)cn1. The van der Waals surface area contributed by atoms with Gasteiger partial charge in [0.25, 0.3) is 0 Å². The maximum Gasteiger partial charge on any atom is 0.225 e. The van der Waals surface area contributed by atoms with Crippen LogP contribution in [-0.4, -0.2) is 34.3 Å². The Labute approximate surface area is 94.1 Å². The third-order valence-corrected chi connectivity index (χ3v) is 2.95. The van der Waals surface area contributed by atoms with Gasteiger partial charge in [0.1, 0.15) is 0 Å². The topological polar surface area (TPSA) is 49.2 Å². The quantitative estimate of drug-likeness (QED) is 0.825. The van der Waals surface area contributed by atoms with E-state index in [1.807, 2.05) is 4.90 Å². The van der Waals surface area contributed by atoms with Crippen molar-refractivity contribution in [3.63, 3.8) is 0 Å². The molecule has 16 heavy (non-hydrogen) atoms. The number of aliphatic hydroxyl groups excluding tert-OH is 1. The van der Waals surface area contributed by atoms with Gasteiger partial charge in [0.05, 0.1) is 25.0 Å². The third-order valence-electron chi connectivity index (χ3n) is 2.95. The highest BCUT2D eigenvalue weighted by atomic mass is 19.1. The minimum Gasteiger partial charge on any atom is -0.394 e. The molecule has 1 aliphatic heterocycles. The van der Waals surface area contributed by atoms with E-state index in [0.717, 1.165) is 32.2 Å². The number of hydrogen-bond acceptors (Lipinski definition) is 4. The van der Waals surface area contributed by atoms with E-state index >= 15 is 0 Å². The molecule has 0 amide bonds. The van der Waals surface area contributed by atoms with Gasteiger partial charge in [-0.2, -0.15) is 0 Å². The Bertz CT molecular complexity index is 331. The Balaban J connectivity index is 2.18. The van der Waals surface area contributed by atoms with Crippen LogP contribution in [0.3, 0.4) is 0 Å². The van der Waals surface area contributed by atoms with E-state index in [1.54, 1.807) is 0 Å². The van der Waals surface area contributed by atoms with Gasteiger partial charge in [0, 0.05) is 6.54 Å². The predicted molar refractivity (Wildman–Crippen MR) is 58.7 cm³/mol. The summed E-state index contributed by atoms with van der Waals surface area (Å²) >= 11 is 0. The molecule has 0 bridgehead atoms. The Morgan fingerprint density at radius 1 is 1.31 bits per heavy atom. The van der Waals surface area contributed by atoms with E-state index in [-0.39, 0.29) is 12.6 Å². The van der Waals surface area contributed by atoms with Crippen molar-refractivity contribution in [2.45, 2.75) is 31.7 Å². The summed E-state index contributed by atoms with van der Waals surface area (Å²) in [5, 5.41) is 9.33. The van der Waals surface area contributed by atoms with Crippen molar-refractivity contribution in [3.05, 3.63) is 18.2 Å². The molecule has 1 fully saturated rings. The first kappa shape index (κ1) is 11.3. The zero-order valence-electron chi connectivity index (χ0n) is 9.14. The van der Waals surface area contributed by atoms with Crippen LogP contribution in [-0.2, 0) is 0 Å². The van der Waals surface area contributed by atoms with Gasteiger partial charge < -0.3 is 10.0 Å². The van der Waals surface area contributed by atoms with Gasteiger partial charge in [-0.15, -0.1) is 0 Å². The van der Waals surface area contributed by atoms with Crippen LogP contribution in [0.1, 0.15) is 25.7 Å². The maximum atomic E-state index is 12.7. The van der Waals surface area contributed by atoms with Gasteiger partial charge >= 0.3 is 0 Å². The molecule has 88 valence electrons. The van der Waals surface area contributed by atoms with Crippen LogP contribution in [0.15, 0.2) is 12.4 Å². The number of halogens is 1. The predicted octanol–water partition coefficient (Wildman–Crippen LogP) is 1.36. The minimum absolute atomic E-state index is 0.0629. The van der Waals surface area contributed by atoms with E-state index in [9.17, 15) is 9.50 Å². The average Bonchev–Trinajstić information content (AvgIpc) is 2.55. The molecule has 2 heterocycles. The molecule has 2 rings (SSSR count). The Morgan fingerprint density at radius 3 is 2.75 bits per heavy atom. The van der Waals surface area contributed by atoms with Crippen molar-refractivity contribution >= 4 is 5.95 Å². The van der Waals surface area contributed by atoms with E-state index < -0.39 is 5.82 Å². The van der Waals surface area contributed by atoms with Gasteiger partial charge in [-0.3, -0.25) is 0 Å². The van der Waals surface area contributed by atoms with E-state index in [4.69, 9.17) is 0 Å². The van der Waals surface area contributed by atoms with Gasteiger partial charge in [-0.1, -0.05) is 12.8 Å². The molecule has 0 saturated carbocycles. The number of hydrogen-bond donors (Lipinski definition) is 1. The summed E-state index contributed by atoms with van der Waals surface area (Å²) in [5.74, 6) is 0.0847. The molecule has 0 radical (unpaired) electrons. The lowest BCUT2D eigenvalue weighted by molar-refractivity contribution is 0.254. The van der Waals surface area contributed by atoms with Gasteiger partial charge in [0.2, 0.25) is 5.95 Å². The van der Waals surface area contributed by atoms with Crippen LogP contribution < -0.4 is 4.90 Å². The highest BCUT2D eigenvalue weighted by molar-refractivity contribution is 5.30. The zero-order chi connectivity index (χ0) is 11.4. The number of rotatable bonds is 2.